The van der Waals surface area contributed by atoms with Gasteiger partial charge in [0.05, 0.1) is 22.4 Å². The van der Waals surface area contributed by atoms with Crippen LogP contribution in [0.4, 0.5) is 11.5 Å². The molecule has 0 unspecified atom stereocenters. The Hall–Kier alpha value is -3.61. The maximum atomic E-state index is 11.0. The number of hydrogen-bond acceptors (Lipinski definition) is 6. The number of nitro benzene ring substituents is 1. The van der Waals surface area contributed by atoms with Crippen LogP contribution in [0, 0.1) is 17.0 Å². The highest BCUT2D eigenvalue weighted by Crippen LogP contribution is 2.20. The summed E-state index contributed by atoms with van der Waals surface area (Å²) in [6.07, 6.45) is 1.40. The number of anilines is 1. The average Bonchev–Trinajstić information content (AvgIpc) is 2.62. The van der Waals surface area contributed by atoms with Crippen molar-refractivity contribution in [1.29, 1.82) is 0 Å². The zero-order valence-corrected chi connectivity index (χ0v) is 13.5. The molecule has 0 bridgehead atoms. The highest BCUT2D eigenvalue weighted by atomic mass is 16.6. The summed E-state index contributed by atoms with van der Waals surface area (Å²) in [6, 6.07) is 17.9. The SMILES string of the molecule is Cc1nc(N/N=C/c2ccccc2[N+](=O)[O-])cc(-c2ccccc2)n1. The molecule has 1 aromatic heterocycles. The Balaban J connectivity index is 1.82. The summed E-state index contributed by atoms with van der Waals surface area (Å²) >= 11 is 0. The van der Waals surface area contributed by atoms with Crippen LogP contribution in [0.2, 0.25) is 0 Å². The second-order valence-electron chi connectivity index (χ2n) is 5.24. The molecule has 0 radical (unpaired) electrons. The minimum absolute atomic E-state index is 0.00288. The van der Waals surface area contributed by atoms with Crippen molar-refractivity contribution in [1.82, 2.24) is 9.97 Å². The van der Waals surface area contributed by atoms with E-state index in [9.17, 15) is 10.1 Å². The summed E-state index contributed by atoms with van der Waals surface area (Å²) in [7, 11) is 0. The fourth-order valence-electron chi connectivity index (χ4n) is 2.31. The molecule has 0 aliphatic carbocycles. The Morgan fingerprint density at radius 1 is 1.08 bits per heavy atom. The molecule has 25 heavy (non-hydrogen) atoms. The van der Waals surface area contributed by atoms with E-state index in [1.165, 1.54) is 12.3 Å². The van der Waals surface area contributed by atoms with Crippen LogP contribution in [0.3, 0.4) is 0 Å². The van der Waals surface area contributed by atoms with E-state index in [0.29, 0.717) is 17.2 Å². The van der Waals surface area contributed by atoms with Crippen molar-refractivity contribution in [2.24, 2.45) is 5.10 Å². The Morgan fingerprint density at radius 3 is 2.56 bits per heavy atom. The normalized spacial score (nSPS) is 10.8. The summed E-state index contributed by atoms with van der Waals surface area (Å²) in [5, 5.41) is 15.1. The summed E-state index contributed by atoms with van der Waals surface area (Å²) < 4.78 is 0. The van der Waals surface area contributed by atoms with Gasteiger partial charge in [-0.3, -0.25) is 15.5 Å². The predicted molar refractivity (Wildman–Crippen MR) is 96.5 cm³/mol. The van der Waals surface area contributed by atoms with Gasteiger partial charge in [-0.25, -0.2) is 9.97 Å². The van der Waals surface area contributed by atoms with Crippen LogP contribution in [0.15, 0.2) is 65.8 Å². The number of hydrazone groups is 1. The van der Waals surface area contributed by atoms with Crippen LogP contribution < -0.4 is 5.43 Å². The van der Waals surface area contributed by atoms with Gasteiger partial charge in [0.1, 0.15) is 11.6 Å². The summed E-state index contributed by atoms with van der Waals surface area (Å²) in [4.78, 5) is 19.3. The molecule has 3 aromatic rings. The van der Waals surface area contributed by atoms with E-state index in [1.807, 2.05) is 30.3 Å². The number of aromatic nitrogens is 2. The molecular formula is C18H15N5O2. The molecule has 1 N–H and O–H groups in total. The number of rotatable bonds is 5. The van der Waals surface area contributed by atoms with Crippen LogP contribution in [0.1, 0.15) is 11.4 Å². The van der Waals surface area contributed by atoms with Gasteiger partial charge in [-0.1, -0.05) is 42.5 Å². The standard InChI is InChI=1S/C18H15N5O2/c1-13-20-16(14-7-3-2-4-8-14)11-18(21-13)22-19-12-15-9-5-6-10-17(15)23(24)25/h2-12H,1H3,(H,20,21,22)/b19-12+. The molecular weight excluding hydrogens is 318 g/mol. The van der Waals surface area contributed by atoms with Crippen molar-refractivity contribution >= 4 is 17.7 Å². The molecule has 0 atom stereocenters. The Morgan fingerprint density at radius 2 is 1.80 bits per heavy atom. The molecule has 0 fully saturated rings. The van der Waals surface area contributed by atoms with Gasteiger partial charge in [0, 0.05) is 17.7 Å². The van der Waals surface area contributed by atoms with E-state index < -0.39 is 4.92 Å². The van der Waals surface area contributed by atoms with Gasteiger partial charge < -0.3 is 0 Å². The van der Waals surface area contributed by atoms with Crippen molar-refractivity contribution in [2.45, 2.75) is 6.92 Å². The third-order valence-corrected chi connectivity index (χ3v) is 3.42. The number of hydrogen-bond donors (Lipinski definition) is 1. The maximum Gasteiger partial charge on any atom is 0.278 e. The molecule has 2 aromatic carbocycles. The van der Waals surface area contributed by atoms with Crippen LogP contribution in [-0.4, -0.2) is 21.1 Å². The number of nitro groups is 1. The van der Waals surface area contributed by atoms with Crippen molar-refractivity contribution in [2.75, 3.05) is 5.43 Å². The highest BCUT2D eigenvalue weighted by molar-refractivity contribution is 5.85. The van der Waals surface area contributed by atoms with Crippen molar-refractivity contribution in [3.63, 3.8) is 0 Å². The van der Waals surface area contributed by atoms with E-state index >= 15 is 0 Å². The van der Waals surface area contributed by atoms with Gasteiger partial charge in [0.2, 0.25) is 0 Å². The molecule has 0 spiro atoms. The Kier molecular flexibility index (Phi) is 4.75. The second-order valence-corrected chi connectivity index (χ2v) is 5.24. The lowest BCUT2D eigenvalue weighted by atomic mass is 10.1. The van der Waals surface area contributed by atoms with Gasteiger partial charge in [-0.05, 0) is 13.0 Å². The third-order valence-electron chi connectivity index (χ3n) is 3.42. The van der Waals surface area contributed by atoms with Gasteiger partial charge >= 0.3 is 0 Å². The molecule has 0 amide bonds. The first-order valence-electron chi connectivity index (χ1n) is 7.57. The predicted octanol–water partition coefficient (Wildman–Crippen LogP) is 3.81. The van der Waals surface area contributed by atoms with Crippen molar-refractivity contribution < 1.29 is 4.92 Å². The van der Waals surface area contributed by atoms with E-state index in [1.54, 1.807) is 31.2 Å². The third kappa shape index (κ3) is 4.03. The van der Waals surface area contributed by atoms with Crippen LogP contribution in [0.25, 0.3) is 11.3 Å². The van der Waals surface area contributed by atoms with Gasteiger partial charge in [0.25, 0.3) is 5.69 Å². The zero-order valence-electron chi connectivity index (χ0n) is 13.5. The fraction of sp³-hybridized carbons (Fsp3) is 0.0556. The van der Waals surface area contributed by atoms with Crippen molar-refractivity contribution in [3.8, 4) is 11.3 Å². The average molecular weight is 333 g/mol. The van der Waals surface area contributed by atoms with Crippen LogP contribution >= 0.6 is 0 Å². The lowest BCUT2D eigenvalue weighted by Gasteiger charge is -2.05. The summed E-state index contributed by atoms with van der Waals surface area (Å²) in [6.45, 7) is 1.80. The monoisotopic (exact) mass is 333 g/mol. The first kappa shape index (κ1) is 16.3. The first-order chi connectivity index (χ1) is 12.1. The van der Waals surface area contributed by atoms with Gasteiger partial charge in [-0.2, -0.15) is 5.10 Å². The quantitative estimate of drug-likeness (QED) is 0.435. The number of nitrogens with one attached hydrogen (secondary N) is 1. The molecule has 124 valence electrons. The number of para-hydroxylation sites is 1. The molecule has 0 aliphatic heterocycles. The zero-order chi connectivity index (χ0) is 17.6. The number of benzene rings is 2. The lowest BCUT2D eigenvalue weighted by molar-refractivity contribution is -0.385. The Bertz CT molecular complexity index is 926. The van der Waals surface area contributed by atoms with E-state index in [2.05, 4.69) is 20.5 Å². The largest absolute Gasteiger partial charge is 0.278 e. The second kappa shape index (κ2) is 7.31. The van der Waals surface area contributed by atoms with Crippen molar-refractivity contribution in [3.05, 3.63) is 82.2 Å². The van der Waals surface area contributed by atoms with E-state index in [-0.39, 0.29) is 5.69 Å². The van der Waals surface area contributed by atoms with Gasteiger partial charge in [-0.15, -0.1) is 0 Å². The van der Waals surface area contributed by atoms with E-state index in [0.717, 1.165) is 11.3 Å². The number of aryl methyl sites for hydroxylation is 1. The molecule has 7 heteroatoms. The van der Waals surface area contributed by atoms with Crippen LogP contribution in [-0.2, 0) is 0 Å². The minimum atomic E-state index is -0.441. The molecule has 0 saturated carbocycles. The molecule has 0 aliphatic rings. The fourth-order valence-corrected chi connectivity index (χ4v) is 2.31. The highest BCUT2D eigenvalue weighted by Gasteiger charge is 2.10. The summed E-state index contributed by atoms with van der Waals surface area (Å²) in [5.74, 6) is 1.12. The lowest BCUT2D eigenvalue weighted by Crippen LogP contribution is -2.00. The molecule has 0 saturated heterocycles. The maximum absolute atomic E-state index is 11.0. The summed E-state index contributed by atoms with van der Waals surface area (Å²) in [5.41, 5.74) is 4.96. The smallest absolute Gasteiger partial charge is 0.261 e. The first-order valence-corrected chi connectivity index (χ1v) is 7.57. The van der Waals surface area contributed by atoms with Gasteiger partial charge in [0.15, 0.2) is 0 Å². The minimum Gasteiger partial charge on any atom is -0.261 e. The van der Waals surface area contributed by atoms with Crippen LogP contribution in [0.5, 0.6) is 0 Å². The topological polar surface area (TPSA) is 93.3 Å². The van der Waals surface area contributed by atoms with E-state index in [4.69, 9.17) is 0 Å². The Labute approximate surface area is 144 Å². The molecule has 1 heterocycles. The molecule has 7 nitrogen and oxygen atoms in total. The molecule has 3 rings (SSSR count). The number of nitrogens with zero attached hydrogens (tertiary/aromatic N) is 4.